The Morgan fingerprint density at radius 2 is 2.03 bits per heavy atom. The number of fused-ring (bicyclic) bond motifs is 3. The van der Waals surface area contributed by atoms with Crippen LogP contribution in [0.5, 0.6) is 0 Å². The Bertz CT molecular complexity index is 1190. The van der Waals surface area contributed by atoms with Crippen LogP contribution < -0.4 is 10.6 Å². The third kappa shape index (κ3) is 3.77. The number of amides is 1. The molecule has 0 saturated heterocycles. The number of carbonyl (C=O) groups is 1. The van der Waals surface area contributed by atoms with Crippen molar-refractivity contribution < 1.29 is 22.0 Å². The highest BCUT2D eigenvalue weighted by Gasteiger charge is 2.27. The van der Waals surface area contributed by atoms with Crippen LogP contribution in [0.2, 0.25) is 0 Å². The lowest BCUT2D eigenvalue weighted by Crippen LogP contribution is -2.32. The van der Waals surface area contributed by atoms with E-state index < -0.39 is 15.7 Å². The summed E-state index contributed by atoms with van der Waals surface area (Å²) in [5.74, 6) is 0.0932. The van der Waals surface area contributed by atoms with Crippen LogP contribution in [0, 0.1) is 5.82 Å². The number of sulfone groups is 1. The Kier molecular flexibility index (Phi) is 5.14. The molecule has 1 amide bonds. The highest BCUT2D eigenvalue weighted by Crippen LogP contribution is 2.36. The van der Waals surface area contributed by atoms with Crippen molar-refractivity contribution in [1.82, 2.24) is 10.6 Å². The van der Waals surface area contributed by atoms with Crippen molar-refractivity contribution in [2.45, 2.75) is 35.6 Å². The van der Waals surface area contributed by atoms with Gasteiger partial charge in [-0.25, -0.2) is 12.8 Å². The van der Waals surface area contributed by atoms with Gasteiger partial charge in [-0.15, -0.1) is 0 Å². The number of halogens is 1. The summed E-state index contributed by atoms with van der Waals surface area (Å²) in [5.41, 5.74) is 1.59. The van der Waals surface area contributed by atoms with Gasteiger partial charge in [0.05, 0.1) is 15.8 Å². The van der Waals surface area contributed by atoms with Gasteiger partial charge in [-0.2, -0.15) is 0 Å². The highest BCUT2D eigenvalue weighted by atomic mass is 32.2. The van der Waals surface area contributed by atoms with Crippen LogP contribution in [0.15, 0.2) is 56.7 Å². The summed E-state index contributed by atoms with van der Waals surface area (Å²) in [4.78, 5) is 11.1. The minimum Gasteiger partial charge on any atom is -0.459 e. The van der Waals surface area contributed by atoms with E-state index in [9.17, 15) is 17.6 Å². The molecule has 1 unspecified atom stereocenters. The molecule has 152 valence electrons. The monoisotopic (exact) mass is 416 g/mol. The van der Waals surface area contributed by atoms with E-state index in [1.165, 1.54) is 31.2 Å². The average Bonchev–Trinajstić information content (AvgIpc) is 3.06. The number of benzene rings is 2. The third-order valence-electron chi connectivity index (χ3n) is 5.10. The lowest BCUT2D eigenvalue weighted by atomic mass is 9.98. The average molecular weight is 416 g/mol. The minimum absolute atomic E-state index is 0.0544. The topological polar surface area (TPSA) is 88.4 Å². The van der Waals surface area contributed by atoms with Crippen molar-refractivity contribution >= 4 is 26.7 Å². The van der Waals surface area contributed by atoms with Crippen molar-refractivity contribution in [2.24, 2.45) is 0 Å². The van der Waals surface area contributed by atoms with E-state index in [0.717, 1.165) is 29.3 Å². The largest absolute Gasteiger partial charge is 0.459 e. The Morgan fingerprint density at radius 1 is 1.24 bits per heavy atom. The van der Waals surface area contributed by atoms with Gasteiger partial charge in [-0.3, -0.25) is 4.79 Å². The third-order valence-corrected chi connectivity index (χ3v) is 6.85. The Labute approximate surface area is 168 Å². The molecule has 29 heavy (non-hydrogen) atoms. The molecule has 8 heteroatoms. The lowest BCUT2D eigenvalue weighted by Gasteiger charge is -2.22. The molecular weight excluding hydrogens is 395 g/mol. The molecule has 2 aromatic carbocycles. The maximum absolute atomic E-state index is 13.5. The molecule has 1 aliphatic rings. The van der Waals surface area contributed by atoms with Crippen molar-refractivity contribution in [2.75, 3.05) is 13.1 Å². The van der Waals surface area contributed by atoms with Gasteiger partial charge in [0.25, 0.3) is 0 Å². The number of hydrogen-bond acceptors (Lipinski definition) is 5. The summed E-state index contributed by atoms with van der Waals surface area (Å²) in [7, 11) is -3.84. The van der Waals surface area contributed by atoms with Gasteiger partial charge < -0.3 is 15.1 Å². The second-order valence-corrected chi connectivity index (χ2v) is 9.04. The summed E-state index contributed by atoms with van der Waals surface area (Å²) in [6, 6.07) is 9.67. The van der Waals surface area contributed by atoms with Crippen molar-refractivity contribution in [3.8, 4) is 0 Å². The SMILES string of the molecule is CC(=O)NCCC1NCCc2c1oc1ccc(S(=O)(=O)c3cccc(F)c3)cc21. The number of nitrogens with one attached hydrogen (secondary N) is 2. The summed E-state index contributed by atoms with van der Waals surface area (Å²) >= 11 is 0. The molecule has 0 radical (unpaired) electrons. The molecule has 0 aliphatic carbocycles. The predicted octanol–water partition coefficient (Wildman–Crippen LogP) is 3.12. The highest BCUT2D eigenvalue weighted by molar-refractivity contribution is 7.91. The Morgan fingerprint density at radius 3 is 2.79 bits per heavy atom. The van der Waals surface area contributed by atoms with Crippen LogP contribution in [0.4, 0.5) is 4.39 Å². The second kappa shape index (κ2) is 7.61. The Balaban J connectivity index is 1.71. The van der Waals surface area contributed by atoms with E-state index in [2.05, 4.69) is 10.6 Å². The van der Waals surface area contributed by atoms with Gasteiger partial charge in [-0.05, 0) is 49.2 Å². The van der Waals surface area contributed by atoms with Gasteiger partial charge in [0.2, 0.25) is 15.7 Å². The molecule has 0 spiro atoms. The first kappa shape index (κ1) is 19.6. The summed E-state index contributed by atoms with van der Waals surface area (Å²) in [6.45, 7) is 2.72. The first-order valence-corrected chi connectivity index (χ1v) is 10.9. The van der Waals surface area contributed by atoms with Crippen LogP contribution in [-0.4, -0.2) is 27.4 Å². The second-order valence-electron chi connectivity index (χ2n) is 7.09. The van der Waals surface area contributed by atoms with Crippen LogP contribution >= 0.6 is 0 Å². The van der Waals surface area contributed by atoms with E-state index in [1.54, 1.807) is 12.1 Å². The molecule has 0 saturated carbocycles. The van der Waals surface area contributed by atoms with E-state index >= 15 is 0 Å². The molecule has 1 aliphatic heterocycles. The molecule has 6 nitrogen and oxygen atoms in total. The van der Waals surface area contributed by atoms with E-state index in [1.807, 2.05) is 0 Å². The lowest BCUT2D eigenvalue weighted by molar-refractivity contribution is -0.118. The summed E-state index contributed by atoms with van der Waals surface area (Å²) in [6.07, 6.45) is 1.38. The van der Waals surface area contributed by atoms with E-state index in [-0.39, 0.29) is 21.7 Å². The van der Waals surface area contributed by atoms with Gasteiger partial charge in [0, 0.05) is 31.0 Å². The standard InChI is InChI=1S/C21H21FN2O4S/c1-13(25)23-10-8-19-21-17(7-9-24-19)18-12-16(5-6-20(18)28-21)29(26,27)15-4-2-3-14(22)11-15/h2-6,11-12,19,24H,7-10H2,1H3,(H,23,25). The number of carbonyl (C=O) groups excluding carboxylic acids is 1. The fraction of sp³-hybridized carbons (Fsp3) is 0.286. The number of hydrogen-bond donors (Lipinski definition) is 2. The van der Waals surface area contributed by atoms with Crippen molar-refractivity contribution in [3.63, 3.8) is 0 Å². The number of furan rings is 1. The summed E-state index contributed by atoms with van der Waals surface area (Å²) < 4.78 is 45.4. The molecule has 0 fully saturated rings. The quantitative estimate of drug-likeness (QED) is 0.667. The smallest absolute Gasteiger partial charge is 0.216 e. The predicted molar refractivity (Wildman–Crippen MR) is 106 cm³/mol. The van der Waals surface area contributed by atoms with Gasteiger partial charge in [0.1, 0.15) is 17.2 Å². The molecular formula is C21H21FN2O4S. The maximum atomic E-state index is 13.5. The molecule has 3 aromatic rings. The van der Waals surface area contributed by atoms with Gasteiger partial charge in [-0.1, -0.05) is 6.07 Å². The van der Waals surface area contributed by atoms with E-state index in [0.29, 0.717) is 25.0 Å². The van der Waals surface area contributed by atoms with Crippen molar-refractivity contribution in [1.29, 1.82) is 0 Å². The first-order chi connectivity index (χ1) is 13.9. The fourth-order valence-electron chi connectivity index (χ4n) is 3.71. The maximum Gasteiger partial charge on any atom is 0.216 e. The van der Waals surface area contributed by atoms with Crippen LogP contribution in [0.1, 0.15) is 30.7 Å². The minimum atomic E-state index is -3.84. The summed E-state index contributed by atoms with van der Waals surface area (Å²) in [5, 5.41) is 6.91. The number of rotatable bonds is 5. The van der Waals surface area contributed by atoms with Crippen LogP contribution in [0.25, 0.3) is 11.0 Å². The van der Waals surface area contributed by atoms with Gasteiger partial charge in [0.15, 0.2) is 0 Å². The van der Waals surface area contributed by atoms with E-state index in [4.69, 9.17) is 4.42 Å². The fourth-order valence-corrected chi connectivity index (χ4v) is 5.03. The van der Waals surface area contributed by atoms with Crippen LogP contribution in [-0.2, 0) is 21.1 Å². The molecule has 4 rings (SSSR count). The molecule has 2 heterocycles. The van der Waals surface area contributed by atoms with Crippen molar-refractivity contribution in [3.05, 3.63) is 59.6 Å². The Hall–Kier alpha value is -2.71. The zero-order valence-corrected chi connectivity index (χ0v) is 16.7. The van der Waals surface area contributed by atoms with Crippen LogP contribution in [0.3, 0.4) is 0 Å². The molecule has 2 N–H and O–H groups in total. The zero-order valence-electron chi connectivity index (χ0n) is 15.9. The molecule has 1 aromatic heterocycles. The first-order valence-electron chi connectivity index (χ1n) is 9.40. The van der Waals surface area contributed by atoms with Gasteiger partial charge >= 0.3 is 0 Å². The molecule has 0 bridgehead atoms. The molecule has 1 atom stereocenters. The normalized spacial score (nSPS) is 16.6. The zero-order chi connectivity index (χ0) is 20.6.